The van der Waals surface area contributed by atoms with Crippen molar-refractivity contribution in [3.63, 3.8) is 0 Å². The van der Waals surface area contributed by atoms with Crippen molar-refractivity contribution in [3.05, 3.63) is 0 Å². The zero-order valence-corrected chi connectivity index (χ0v) is 20.2. The van der Waals surface area contributed by atoms with E-state index in [0.717, 1.165) is 19.3 Å². The van der Waals surface area contributed by atoms with Crippen LogP contribution in [0.3, 0.4) is 0 Å². The van der Waals surface area contributed by atoms with Crippen LogP contribution in [0.1, 0.15) is 125 Å². The van der Waals surface area contributed by atoms with E-state index in [1.54, 1.807) is 6.92 Å². The van der Waals surface area contributed by atoms with Crippen LogP contribution in [-0.4, -0.2) is 24.6 Å². The minimum atomic E-state index is -0.816. The van der Waals surface area contributed by atoms with Crippen molar-refractivity contribution in [2.24, 2.45) is 11.3 Å². The van der Waals surface area contributed by atoms with Crippen molar-refractivity contribution >= 4 is 11.9 Å². The van der Waals surface area contributed by atoms with Crippen LogP contribution in [0.5, 0.6) is 0 Å². The van der Waals surface area contributed by atoms with Gasteiger partial charge in [-0.2, -0.15) is 0 Å². The number of ether oxygens (including phenoxy) is 2. The van der Waals surface area contributed by atoms with Crippen LogP contribution in [0, 0.1) is 11.3 Å². The summed E-state index contributed by atoms with van der Waals surface area (Å²) in [5.74, 6) is -0.843. The van der Waals surface area contributed by atoms with E-state index in [1.807, 2.05) is 27.7 Å². The molecule has 0 aliphatic carbocycles. The van der Waals surface area contributed by atoms with Crippen molar-refractivity contribution in [1.82, 2.24) is 0 Å². The van der Waals surface area contributed by atoms with E-state index in [0.29, 0.717) is 6.61 Å². The number of carbonyl (C=O) groups excluding carboxylic acids is 2. The van der Waals surface area contributed by atoms with Gasteiger partial charge in [-0.15, -0.1) is 0 Å². The van der Waals surface area contributed by atoms with Crippen LogP contribution in [0.25, 0.3) is 0 Å². The molecule has 0 bridgehead atoms. The molecule has 0 fully saturated rings. The van der Waals surface area contributed by atoms with E-state index >= 15 is 0 Å². The molecule has 0 aromatic carbocycles. The van der Waals surface area contributed by atoms with Gasteiger partial charge in [-0.05, 0) is 27.2 Å². The fraction of sp³-hybridized carbons (Fsp3) is 0.920. The van der Waals surface area contributed by atoms with Gasteiger partial charge in [0, 0.05) is 5.92 Å². The summed E-state index contributed by atoms with van der Waals surface area (Å²) < 4.78 is 10.6. The Labute approximate surface area is 180 Å². The van der Waals surface area contributed by atoms with Crippen LogP contribution >= 0.6 is 0 Å². The lowest BCUT2D eigenvalue weighted by Crippen LogP contribution is -2.38. The van der Waals surface area contributed by atoms with Gasteiger partial charge in [-0.1, -0.05) is 97.8 Å². The Morgan fingerprint density at radius 2 is 1.21 bits per heavy atom. The summed E-state index contributed by atoms with van der Waals surface area (Å²) in [4.78, 5) is 24.6. The van der Waals surface area contributed by atoms with E-state index in [1.165, 1.54) is 64.2 Å². The molecule has 0 aromatic rings. The molecule has 29 heavy (non-hydrogen) atoms. The monoisotopic (exact) mass is 412 g/mol. The fourth-order valence-electron chi connectivity index (χ4n) is 3.47. The summed E-state index contributed by atoms with van der Waals surface area (Å²) in [6.45, 7) is 11.9. The number of hydrogen-bond acceptors (Lipinski definition) is 4. The third kappa shape index (κ3) is 13.7. The standard InChI is InChI=1S/C25H48O4/c1-7-9-10-11-12-13-14-15-16-17-18-19-20-25(5,6)24(27)29-22(21(3)4)23(26)28-8-2/h21-22H,7-20H2,1-6H3. The van der Waals surface area contributed by atoms with Crippen LogP contribution in [0.15, 0.2) is 0 Å². The number of carbonyl (C=O) groups is 2. The highest BCUT2D eigenvalue weighted by molar-refractivity contribution is 5.82. The lowest BCUT2D eigenvalue weighted by molar-refractivity contribution is -0.176. The summed E-state index contributed by atoms with van der Waals surface area (Å²) in [6, 6.07) is 0. The summed E-state index contributed by atoms with van der Waals surface area (Å²) in [7, 11) is 0. The molecule has 1 unspecified atom stereocenters. The molecule has 0 amide bonds. The molecule has 0 aromatic heterocycles. The summed E-state index contributed by atoms with van der Waals surface area (Å²) in [5.41, 5.74) is -0.571. The number of hydrogen-bond donors (Lipinski definition) is 0. The average molecular weight is 413 g/mol. The Bertz CT molecular complexity index is 429. The second kappa shape index (κ2) is 16.7. The summed E-state index contributed by atoms with van der Waals surface area (Å²) in [5, 5.41) is 0. The molecule has 0 N–H and O–H groups in total. The van der Waals surface area contributed by atoms with E-state index in [-0.39, 0.29) is 11.9 Å². The van der Waals surface area contributed by atoms with Crippen LogP contribution in [-0.2, 0) is 19.1 Å². The number of unbranched alkanes of at least 4 members (excludes halogenated alkanes) is 11. The van der Waals surface area contributed by atoms with Gasteiger partial charge in [0.05, 0.1) is 12.0 Å². The van der Waals surface area contributed by atoms with Gasteiger partial charge in [-0.25, -0.2) is 4.79 Å². The molecule has 4 heteroatoms. The van der Waals surface area contributed by atoms with Gasteiger partial charge in [0.2, 0.25) is 6.10 Å². The molecular formula is C25H48O4. The van der Waals surface area contributed by atoms with Gasteiger partial charge in [0.1, 0.15) is 0 Å². The lowest BCUT2D eigenvalue weighted by Gasteiger charge is -2.27. The average Bonchev–Trinajstić information content (AvgIpc) is 2.66. The van der Waals surface area contributed by atoms with Gasteiger partial charge in [0.15, 0.2) is 0 Å². The first-order valence-corrected chi connectivity index (χ1v) is 12.1. The zero-order chi connectivity index (χ0) is 22.1. The maximum absolute atomic E-state index is 12.6. The highest BCUT2D eigenvalue weighted by atomic mass is 16.6. The van der Waals surface area contributed by atoms with Crippen molar-refractivity contribution in [2.45, 2.75) is 131 Å². The largest absolute Gasteiger partial charge is 0.463 e. The van der Waals surface area contributed by atoms with E-state index in [4.69, 9.17) is 9.47 Å². The Morgan fingerprint density at radius 3 is 1.62 bits per heavy atom. The first kappa shape index (κ1) is 27.9. The molecular weight excluding hydrogens is 364 g/mol. The first-order valence-electron chi connectivity index (χ1n) is 12.1. The van der Waals surface area contributed by atoms with Crippen molar-refractivity contribution < 1.29 is 19.1 Å². The molecule has 0 rings (SSSR count). The predicted molar refractivity (Wildman–Crippen MR) is 121 cm³/mol. The highest BCUT2D eigenvalue weighted by Gasteiger charge is 2.35. The van der Waals surface area contributed by atoms with Crippen molar-refractivity contribution in [1.29, 1.82) is 0 Å². The Morgan fingerprint density at radius 1 is 0.759 bits per heavy atom. The first-order chi connectivity index (χ1) is 13.8. The smallest absolute Gasteiger partial charge is 0.347 e. The van der Waals surface area contributed by atoms with Gasteiger partial charge in [0.25, 0.3) is 0 Å². The predicted octanol–water partition coefficient (Wildman–Crippen LogP) is 7.23. The highest BCUT2D eigenvalue weighted by Crippen LogP contribution is 2.27. The minimum absolute atomic E-state index is 0.0968. The third-order valence-electron chi connectivity index (χ3n) is 5.57. The molecule has 4 nitrogen and oxygen atoms in total. The normalized spacial score (nSPS) is 12.8. The van der Waals surface area contributed by atoms with E-state index in [9.17, 15) is 9.59 Å². The maximum atomic E-state index is 12.6. The lowest BCUT2D eigenvalue weighted by atomic mass is 9.86. The molecule has 0 heterocycles. The van der Waals surface area contributed by atoms with Crippen LogP contribution in [0.4, 0.5) is 0 Å². The minimum Gasteiger partial charge on any atom is -0.463 e. The number of rotatable bonds is 18. The Balaban J connectivity index is 3.96. The quantitative estimate of drug-likeness (QED) is 0.176. The second-order valence-corrected chi connectivity index (χ2v) is 9.34. The van der Waals surface area contributed by atoms with E-state index < -0.39 is 17.5 Å². The van der Waals surface area contributed by atoms with E-state index in [2.05, 4.69) is 6.92 Å². The van der Waals surface area contributed by atoms with Crippen molar-refractivity contribution in [3.8, 4) is 0 Å². The van der Waals surface area contributed by atoms with Gasteiger partial charge >= 0.3 is 11.9 Å². The Hall–Kier alpha value is -1.06. The van der Waals surface area contributed by atoms with Gasteiger partial charge in [-0.3, -0.25) is 4.79 Å². The summed E-state index contributed by atoms with van der Waals surface area (Å²) >= 11 is 0. The topological polar surface area (TPSA) is 52.6 Å². The SMILES string of the molecule is CCCCCCCCCCCCCCC(C)(C)C(=O)OC(C(=O)OCC)C(C)C. The van der Waals surface area contributed by atoms with Crippen LogP contribution < -0.4 is 0 Å². The molecule has 0 saturated heterocycles. The zero-order valence-electron chi connectivity index (χ0n) is 20.2. The van der Waals surface area contributed by atoms with Gasteiger partial charge < -0.3 is 9.47 Å². The molecule has 0 aliphatic rings. The second-order valence-electron chi connectivity index (χ2n) is 9.34. The molecule has 172 valence electrons. The molecule has 0 aliphatic heterocycles. The molecule has 0 spiro atoms. The third-order valence-corrected chi connectivity index (χ3v) is 5.57. The molecule has 1 atom stereocenters. The Kier molecular flexibility index (Phi) is 16.1. The fourth-order valence-corrected chi connectivity index (χ4v) is 3.47. The number of esters is 2. The molecule has 0 saturated carbocycles. The summed E-state index contributed by atoms with van der Waals surface area (Å²) in [6.07, 6.45) is 15.6. The van der Waals surface area contributed by atoms with Crippen LogP contribution in [0.2, 0.25) is 0 Å². The maximum Gasteiger partial charge on any atom is 0.347 e. The molecule has 0 radical (unpaired) electrons. The van der Waals surface area contributed by atoms with Crippen molar-refractivity contribution in [2.75, 3.05) is 6.61 Å².